The summed E-state index contributed by atoms with van der Waals surface area (Å²) in [6, 6.07) is 9.67. The van der Waals surface area contributed by atoms with E-state index >= 15 is 0 Å². The molecule has 1 unspecified atom stereocenters. The van der Waals surface area contributed by atoms with Crippen molar-refractivity contribution < 1.29 is 24.5 Å². The van der Waals surface area contributed by atoms with E-state index in [2.05, 4.69) is 0 Å². The quantitative estimate of drug-likeness (QED) is 0.780. The number of esters is 1. The third kappa shape index (κ3) is 3.99. The van der Waals surface area contributed by atoms with Gasteiger partial charge in [0, 0.05) is 5.56 Å². The first kappa shape index (κ1) is 18.1. The van der Waals surface area contributed by atoms with Crippen molar-refractivity contribution in [1.29, 1.82) is 0 Å². The molecule has 0 bridgehead atoms. The number of aromatic hydroxyl groups is 1. The Balaban J connectivity index is 2.18. The fraction of sp³-hybridized carbons (Fsp3) is 0.278. The number of hydrogen-bond donors (Lipinski definition) is 2. The van der Waals surface area contributed by atoms with E-state index in [4.69, 9.17) is 21.1 Å². The van der Waals surface area contributed by atoms with Crippen LogP contribution in [0.4, 0.5) is 0 Å². The predicted molar refractivity (Wildman–Crippen MR) is 90.7 cm³/mol. The molecular weight excluding hydrogens is 332 g/mol. The summed E-state index contributed by atoms with van der Waals surface area (Å²) in [4.78, 5) is 11.8. The molecule has 2 rings (SSSR count). The van der Waals surface area contributed by atoms with Crippen LogP contribution in [0.3, 0.4) is 0 Å². The van der Waals surface area contributed by atoms with Crippen molar-refractivity contribution in [3.63, 3.8) is 0 Å². The van der Waals surface area contributed by atoms with Crippen molar-refractivity contribution in [1.82, 2.24) is 0 Å². The predicted octanol–water partition coefficient (Wildman–Crippen LogP) is 3.51. The van der Waals surface area contributed by atoms with Crippen LogP contribution in [0.15, 0.2) is 36.4 Å². The molecule has 0 saturated carbocycles. The molecule has 128 valence electrons. The Kier molecular flexibility index (Phi) is 6.06. The van der Waals surface area contributed by atoms with Crippen LogP contribution in [-0.2, 0) is 11.2 Å². The monoisotopic (exact) mass is 350 g/mol. The maximum Gasteiger partial charge on any atom is 0.338 e. The van der Waals surface area contributed by atoms with Gasteiger partial charge in [-0.15, -0.1) is 0 Å². The van der Waals surface area contributed by atoms with E-state index in [0.717, 1.165) is 0 Å². The minimum Gasteiger partial charge on any atom is -0.508 e. The van der Waals surface area contributed by atoms with Crippen LogP contribution >= 0.6 is 11.6 Å². The molecule has 1 atom stereocenters. The molecule has 0 radical (unpaired) electrons. The third-order valence-electron chi connectivity index (χ3n) is 3.79. The number of carbonyl (C=O) groups excluding carboxylic acids is 1. The van der Waals surface area contributed by atoms with Crippen LogP contribution in [0.2, 0.25) is 5.02 Å². The summed E-state index contributed by atoms with van der Waals surface area (Å²) in [5.74, 6) is 0.0634. The molecule has 0 aromatic heterocycles. The van der Waals surface area contributed by atoms with Crippen LogP contribution in [0.5, 0.6) is 11.5 Å². The van der Waals surface area contributed by atoms with E-state index < -0.39 is 12.1 Å². The molecule has 6 heteroatoms. The van der Waals surface area contributed by atoms with Gasteiger partial charge in [0.1, 0.15) is 11.5 Å². The van der Waals surface area contributed by atoms with Gasteiger partial charge in [-0.1, -0.05) is 23.7 Å². The van der Waals surface area contributed by atoms with Crippen LogP contribution in [-0.4, -0.2) is 30.4 Å². The summed E-state index contributed by atoms with van der Waals surface area (Å²) >= 11 is 6.16. The summed E-state index contributed by atoms with van der Waals surface area (Å²) in [6.45, 7) is 0. The van der Waals surface area contributed by atoms with Gasteiger partial charge in [0.25, 0.3) is 0 Å². The molecule has 5 nitrogen and oxygen atoms in total. The number of hydrogen-bond acceptors (Lipinski definition) is 5. The molecule has 2 aromatic rings. The van der Waals surface area contributed by atoms with E-state index in [1.165, 1.54) is 20.3 Å². The Hall–Kier alpha value is -2.24. The summed E-state index contributed by atoms with van der Waals surface area (Å²) in [7, 11) is 2.82. The fourth-order valence-corrected chi connectivity index (χ4v) is 2.78. The normalized spacial score (nSPS) is 11.8. The molecule has 0 saturated heterocycles. The van der Waals surface area contributed by atoms with Crippen molar-refractivity contribution in [2.24, 2.45) is 0 Å². The van der Waals surface area contributed by atoms with Crippen molar-refractivity contribution in [2.45, 2.75) is 18.9 Å². The Labute approximate surface area is 145 Å². The Morgan fingerprint density at radius 3 is 2.62 bits per heavy atom. The standard InChI is InChI=1S/C18H19ClO5/c1-23-11-6-7-14(15(19)10-11)17(21)9-8-12-13(18(22)24-2)4-3-5-16(12)20/h3-7,10,17,20-21H,8-9H2,1-2H3. The van der Waals surface area contributed by atoms with E-state index in [9.17, 15) is 15.0 Å². The number of methoxy groups -OCH3 is 2. The van der Waals surface area contributed by atoms with Gasteiger partial charge in [-0.3, -0.25) is 0 Å². The number of phenols is 1. The number of benzene rings is 2. The highest BCUT2D eigenvalue weighted by Gasteiger charge is 2.18. The summed E-state index contributed by atoms with van der Waals surface area (Å²) in [5, 5.41) is 20.8. The molecule has 2 N–H and O–H groups in total. The smallest absolute Gasteiger partial charge is 0.338 e. The molecule has 0 heterocycles. The van der Waals surface area contributed by atoms with Gasteiger partial charge < -0.3 is 19.7 Å². The van der Waals surface area contributed by atoms with E-state index in [0.29, 0.717) is 28.3 Å². The first-order valence-electron chi connectivity index (χ1n) is 7.38. The number of aliphatic hydroxyl groups excluding tert-OH is 1. The van der Waals surface area contributed by atoms with Gasteiger partial charge in [-0.05, 0) is 42.7 Å². The van der Waals surface area contributed by atoms with Crippen molar-refractivity contribution in [3.8, 4) is 11.5 Å². The average molecular weight is 351 g/mol. The van der Waals surface area contributed by atoms with Gasteiger partial charge in [0.05, 0.1) is 30.9 Å². The molecule has 24 heavy (non-hydrogen) atoms. The van der Waals surface area contributed by atoms with Crippen molar-refractivity contribution in [3.05, 3.63) is 58.1 Å². The lowest BCUT2D eigenvalue weighted by Gasteiger charge is -2.15. The zero-order chi connectivity index (χ0) is 17.7. The second-order valence-corrected chi connectivity index (χ2v) is 5.64. The molecule has 2 aromatic carbocycles. The zero-order valence-corrected chi connectivity index (χ0v) is 14.2. The number of carbonyl (C=O) groups is 1. The maximum absolute atomic E-state index is 11.8. The van der Waals surface area contributed by atoms with Gasteiger partial charge in [-0.25, -0.2) is 4.79 Å². The Morgan fingerprint density at radius 2 is 2.00 bits per heavy atom. The van der Waals surface area contributed by atoms with Crippen LogP contribution < -0.4 is 4.74 Å². The first-order chi connectivity index (χ1) is 11.5. The molecule has 0 aliphatic rings. The minimum absolute atomic E-state index is 0.00840. The van der Waals surface area contributed by atoms with Gasteiger partial charge in [-0.2, -0.15) is 0 Å². The summed E-state index contributed by atoms with van der Waals surface area (Å²) in [6.07, 6.45) is -0.262. The van der Waals surface area contributed by atoms with Gasteiger partial charge in [0.15, 0.2) is 0 Å². The van der Waals surface area contributed by atoms with Crippen LogP contribution in [0, 0.1) is 0 Å². The van der Waals surface area contributed by atoms with E-state index in [1.54, 1.807) is 30.3 Å². The maximum atomic E-state index is 11.8. The van der Waals surface area contributed by atoms with Gasteiger partial charge in [0.2, 0.25) is 0 Å². The van der Waals surface area contributed by atoms with E-state index in [1.807, 2.05) is 0 Å². The Bertz CT molecular complexity index is 729. The van der Waals surface area contributed by atoms with Gasteiger partial charge >= 0.3 is 5.97 Å². The number of phenolic OH excluding ortho intramolecular Hbond substituents is 1. The summed E-state index contributed by atoms with van der Waals surface area (Å²) < 4.78 is 9.80. The molecule has 0 aliphatic heterocycles. The van der Waals surface area contributed by atoms with Crippen molar-refractivity contribution in [2.75, 3.05) is 14.2 Å². The number of ether oxygens (including phenoxy) is 2. The highest BCUT2D eigenvalue weighted by molar-refractivity contribution is 6.31. The molecule has 0 aliphatic carbocycles. The number of aliphatic hydroxyl groups is 1. The van der Waals surface area contributed by atoms with Crippen LogP contribution in [0.1, 0.15) is 34.0 Å². The van der Waals surface area contributed by atoms with E-state index in [-0.39, 0.29) is 17.7 Å². The zero-order valence-electron chi connectivity index (χ0n) is 13.5. The second kappa shape index (κ2) is 8.04. The Morgan fingerprint density at radius 1 is 1.25 bits per heavy atom. The highest BCUT2D eigenvalue weighted by atomic mass is 35.5. The molecular formula is C18H19ClO5. The second-order valence-electron chi connectivity index (χ2n) is 5.24. The third-order valence-corrected chi connectivity index (χ3v) is 4.12. The fourth-order valence-electron chi connectivity index (χ4n) is 2.48. The topological polar surface area (TPSA) is 76.0 Å². The summed E-state index contributed by atoms with van der Waals surface area (Å²) in [5.41, 5.74) is 1.28. The number of rotatable bonds is 6. The lowest BCUT2D eigenvalue weighted by molar-refractivity contribution is 0.0598. The number of halogens is 1. The SMILES string of the molecule is COC(=O)c1cccc(O)c1CCC(O)c1ccc(OC)cc1Cl. The molecule has 0 amide bonds. The molecule has 0 fully saturated rings. The lowest BCUT2D eigenvalue weighted by atomic mass is 9.97. The average Bonchev–Trinajstić information content (AvgIpc) is 2.59. The lowest BCUT2D eigenvalue weighted by Crippen LogP contribution is -2.08. The minimum atomic E-state index is -0.839. The highest BCUT2D eigenvalue weighted by Crippen LogP contribution is 2.31. The molecule has 0 spiro atoms. The van der Waals surface area contributed by atoms with Crippen molar-refractivity contribution >= 4 is 17.6 Å². The van der Waals surface area contributed by atoms with Crippen LogP contribution in [0.25, 0.3) is 0 Å². The largest absolute Gasteiger partial charge is 0.508 e. The first-order valence-corrected chi connectivity index (χ1v) is 7.76.